The number of nitriles is 2. The van der Waals surface area contributed by atoms with E-state index in [9.17, 15) is 10.5 Å². The lowest BCUT2D eigenvalue weighted by molar-refractivity contribution is 0.669. The second-order valence-corrected chi connectivity index (χ2v) is 9.44. The van der Waals surface area contributed by atoms with Crippen molar-refractivity contribution >= 4 is 53.6 Å². The van der Waals surface area contributed by atoms with Gasteiger partial charge in [-0.3, -0.25) is 0 Å². The molecule has 0 amide bonds. The summed E-state index contributed by atoms with van der Waals surface area (Å²) in [6.07, 6.45) is 0. The summed E-state index contributed by atoms with van der Waals surface area (Å²) in [5, 5.41) is 23.0. The van der Waals surface area contributed by atoms with Gasteiger partial charge in [0.05, 0.1) is 5.39 Å². The van der Waals surface area contributed by atoms with Gasteiger partial charge >= 0.3 is 0 Å². The third-order valence-corrected chi connectivity index (χ3v) is 7.57. The Bertz CT molecular complexity index is 2070. The number of furan rings is 1. The maximum absolute atomic E-state index is 9.88. The Morgan fingerprint density at radius 1 is 0.667 bits per heavy atom. The van der Waals surface area contributed by atoms with Crippen LogP contribution < -0.4 is 0 Å². The highest BCUT2D eigenvalue weighted by atomic mass is 32.1. The van der Waals surface area contributed by atoms with Gasteiger partial charge in [-0.15, -0.1) is 11.3 Å². The predicted octanol–water partition coefficient (Wildman–Crippen LogP) is 7.82. The molecule has 7 rings (SSSR count). The molecule has 0 aliphatic rings. The largest absolute Gasteiger partial charge is 0.456 e. The van der Waals surface area contributed by atoms with Crippen molar-refractivity contribution < 1.29 is 4.42 Å². The minimum atomic E-state index is -0.00151. The Labute approximate surface area is 209 Å². The Morgan fingerprint density at radius 2 is 1.47 bits per heavy atom. The Morgan fingerprint density at radius 3 is 2.31 bits per heavy atom. The van der Waals surface area contributed by atoms with Gasteiger partial charge in [0, 0.05) is 26.4 Å². The first-order chi connectivity index (χ1) is 17.7. The Kier molecular flexibility index (Phi) is 4.38. The van der Waals surface area contributed by atoms with Crippen molar-refractivity contribution in [2.75, 3.05) is 0 Å². The molecule has 0 aliphatic heterocycles. The SMILES string of the molecule is N#Cc1nc(C#N)c2c(n1)sc1c(-c3cccc4oc5ccccc5c34)cc(-c3ccccc3)cc12. The van der Waals surface area contributed by atoms with Gasteiger partial charge in [-0.2, -0.15) is 10.5 Å². The molecule has 0 bridgehead atoms. The summed E-state index contributed by atoms with van der Waals surface area (Å²) in [6.45, 7) is 0. The van der Waals surface area contributed by atoms with Crippen molar-refractivity contribution in [3.63, 3.8) is 0 Å². The smallest absolute Gasteiger partial charge is 0.234 e. The molecular formula is C30H14N4OS. The molecule has 0 spiro atoms. The third kappa shape index (κ3) is 2.93. The molecule has 0 saturated heterocycles. The van der Waals surface area contributed by atoms with E-state index in [0.29, 0.717) is 10.2 Å². The van der Waals surface area contributed by atoms with E-state index < -0.39 is 0 Å². The van der Waals surface area contributed by atoms with E-state index in [1.165, 1.54) is 11.3 Å². The van der Waals surface area contributed by atoms with E-state index in [1.54, 1.807) is 0 Å². The summed E-state index contributed by atoms with van der Waals surface area (Å²) in [7, 11) is 0. The number of rotatable bonds is 2. The van der Waals surface area contributed by atoms with Gasteiger partial charge in [0.25, 0.3) is 0 Å². The number of hydrogen-bond donors (Lipinski definition) is 0. The van der Waals surface area contributed by atoms with Crippen molar-refractivity contribution in [3.05, 3.63) is 96.4 Å². The molecule has 36 heavy (non-hydrogen) atoms. The molecule has 0 fully saturated rings. The molecule has 4 aromatic carbocycles. The maximum atomic E-state index is 9.88. The number of para-hydroxylation sites is 1. The highest BCUT2D eigenvalue weighted by Gasteiger charge is 2.21. The van der Waals surface area contributed by atoms with Gasteiger partial charge in [0.15, 0.2) is 5.69 Å². The van der Waals surface area contributed by atoms with Crippen LogP contribution in [0.3, 0.4) is 0 Å². The van der Waals surface area contributed by atoms with Crippen molar-refractivity contribution in [2.45, 2.75) is 0 Å². The molecule has 0 aliphatic carbocycles. The zero-order valence-electron chi connectivity index (χ0n) is 18.7. The number of nitrogens with zero attached hydrogens (tertiary/aromatic N) is 4. The lowest BCUT2D eigenvalue weighted by Gasteiger charge is -2.10. The summed E-state index contributed by atoms with van der Waals surface area (Å²) in [4.78, 5) is 9.29. The average molecular weight is 479 g/mol. The predicted molar refractivity (Wildman–Crippen MR) is 143 cm³/mol. The van der Waals surface area contributed by atoms with E-state index in [0.717, 1.165) is 54.3 Å². The van der Waals surface area contributed by atoms with Crippen molar-refractivity contribution in [3.8, 4) is 34.4 Å². The van der Waals surface area contributed by atoms with Crippen LogP contribution in [-0.2, 0) is 0 Å². The molecule has 0 atom stereocenters. The average Bonchev–Trinajstić information content (AvgIpc) is 3.50. The minimum Gasteiger partial charge on any atom is -0.456 e. The van der Waals surface area contributed by atoms with Crippen molar-refractivity contribution in [1.82, 2.24) is 9.97 Å². The molecule has 0 N–H and O–H groups in total. The van der Waals surface area contributed by atoms with Crippen LogP contribution in [0.5, 0.6) is 0 Å². The lowest BCUT2D eigenvalue weighted by atomic mass is 9.93. The summed E-state index contributed by atoms with van der Waals surface area (Å²) < 4.78 is 7.16. The summed E-state index contributed by atoms with van der Waals surface area (Å²) >= 11 is 1.48. The van der Waals surface area contributed by atoms with E-state index in [2.05, 4.69) is 52.4 Å². The fraction of sp³-hybridized carbons (Fsp3) is 0. The van der Waals surface area contributed by atoms with Crippen LogP contribution in [0.2, 0.25) is 0 Å². The first kappa shape index (κ1) is 20.3. The Hall–Kier alpha value is -5.04. The van der Waals surface area contributed by atoms with E-state index in [-0.39, 0.29) is 11.5 Å². The summed E-state index contributed by atoms with van der Waals surface area (Å²) in [6, 6.07) is 32.7. The Balaban J connectivity index is 1.67. The van der Waals surface area contributed by atoms with Gasteiger partial charge in [-0.1, -0.05) is 60.7 Å². The first-order valence-electron chi connectivity index (χ1n) is 11.3. The van der Waals surface area contributed by atoms with Crippen molar-refractivity contribution in [1.29, 1.82) is 10.5 Å². The number of hydrogen-bond acceptors (Lipinski definition) is 6. The van der Waals surface area contributed by atoms with Gasteiger partial charge in [0.2, 0.25) is 5.82 Å². The second kappa shape index (κ2) is 7.74. The molecule has 0 saturated carbocycles. The molecule has 3 aromatic heterocycles. The highest BCUT2D eigenvalue weighted by Crippen LogP contribution is 2.46. The molecular weight excluding hydrogens is 464 g/mol. The fourth-order valence-electron chi connectivity index (χ4n) is 4.91. The van der Waals surface area contributed by atoms with E-state index in [4.69, 9.17) is 4.42 Å². The van der Waals surface area contributed by atoms with E-state index in [1.807, 2.05) is 54.6 Å². The van der Waals surface area contributed by atoms with Crippen LogP contribution in [0.15, 0.2) is 89.3 Å². The minimum absolute atomic E-state index is 0.00151. The van der Waals surface area contributed by atoms with Crippen LogP contribution in [-0.4, -0.2) is 9.97 Å². The topological polar surface area (TPSA) is 86.5 Å². The monoisotopic (exact) mass is 478 g/mol. The van der Waals surface area contributed by atoms with Crippen LogP contribution in [0.1, 0.15) is 11.5 Å². The molecule has 3 heterocycles. The van der Waals surface area contributed by atoms with Gasteiger partial charge in [0.1, 0.15) is 28.1 Å². The molecule has 5 nitrogen and oxygen atoms in total. The third-order valence-electron chi connectivity index (χ3n) is 6.44. The number of fused-ring (bicyclic) bond motifs is 6. The standard InChI is InChI=1S/C30H14N4OS/c31-15-23-28-22-14-18(17-7-2-1-3-8-17)13-21(29(22)36-30(28)34-26(16-32)33-23)19-10-6-12-25-27(19)20-9-4-5-11-24(20)35-25/h1-14H. The number of thiophene rings is 1. The molecule has 7 aromatic rings. The normalized spacial score (nSPS) is 11.3. The first-order valence-corrected chi connectivity index (χ1v) is 12.1. The molecule has 6 heteroatoms. The zero-order valence-corrected chi connectivity index (χ0v) is 19.5. The second-order valence-electron chi connectivity index (χ2n) is 8.45. The molecule has 166 valence electrons. The summed E-state index contributed by atoms with van der Waals surface area (Å²) in [5.74, 6) is -0.00151. The quantitative estimate of drug-likeness (QED) is 0.253. The van der Waals surface area contributed by atoms with Crippen LogP contribution in [0.4, 0.5) is 0 Å². The van der Waals surface area contributed by atoms with Crippen LogP contribution in [0, 0.1) is 22.7 Å². The molecule has 0 unspecified atom stereocenters. The maximum Gasteiger partial charge on any atom is 0.234 e. The zero-order chi connectivity index (χ0) is 24.2. The lowest BCUT2D eigenvalue weighted by Crippen LogP contribution is -1.92. The van der Waals surface area contributed by atoms with Gasteiger partial charge in [-0.05, 0) is 41.0 Å². The number of aromatic nitrogens is 2. The van der Waals surface area contributed by atoms with Gasteiger partial charge < -0.3 is 4.42 Å². The van der Waals surface area contributed by atoms with Crippen molar-refractivity contribution in [2.24, 2.45) is 0 Å². The van der Waals surface area contributed by atoms with Crippen LogP contribution in [0.25, 0.3) is 64.5 Å². The number of benzene rings is 4. The highest BCUT2D eigenvalue weighted by molar-refractivity contribution is 7.26. The van der Waals surface area contributed by atoms with Gasteiger partial charge in [-0.25, -0.2) is 9.97 Å². The summed E-state index contributed by atoms with van der Waals surface area (Å²) in [5.41, 5.74) is 6.02. The fourth-order valence-corrected chi connectivity index (χ4v) is 6.09. The van der Waals surface area contributed by atoms with Crippen LogP contribution >= 0.6 is 11.3 Å². The molecule has 0 radical (unpaired) electrons. The van der Waals surface area contributed by atoms with E-state index >= 15 is 0 Å².